The highest BCUT2D eigenvalue weighted by Crippen LogP contribution is 2.27. The van der Waals surface area contributed by atoms with Gasteiger partial charge in [0, 0.05) is 11.1 Å². The monoisotopic (exact) mass is 308 g/mol. The number of ether oxygens (including phenoxy) is 1. The molecule has 3 rings (SSSR count). The molecule has 1 aliphatic rings. The van der Waals surface area contributed by atoms with E-state index < -0.39 is 5.97 Å². The Kier molecular flexibility index (Phi) is 4.56. The van der Waals surface area contributed by atoms with E-state index in [0.29, 0.717) is 23.3 Å². The molecule has 3 heteroatoms. The van der Waals surface area contributed by atoms with Crippen LogP contribution >= 0.6 is 0 Å². The molecular weight excluding hydrogens is 288 g/mol. The molecule has 0 saturated carbocycles. The Balaban J connectivity index is 2.09. The number of aryl methyl sites for hydroxylation is 2. The molecule has 0 heterocycles. The molecule has 1 aliphatic carbocycles. The van der Waals surface area contributed by atoms with Crippen LogP contribution in [0.1, 0.15) is 57.2 Å². The molecule has 0 atom stereocenters. The molecule has 0 spiro atoms. The third-order valence-electron chi connectivity index (χ3n) is 4.26. The van der Waals surface area contributed by atoms with Gasteiger partial charge in [-0.15, -0.1) is 0 Å². The van der Waals surface area contributed by atoms with Crippen LogP contribution in [0.15, 0.2) is 42.5 Å². The summed E-state index contributed by atoms with van der Waals surface area (Å²) >= 11 is 0. The molecule has 0 fully saturated rings. The van der Waals surface area contributed by atoms with Crippen LogP contribution in [-0.2, 0) is 17.6 Å². The third kappa shape index (κ3) is 3.19. The minimum Gasteiger partial charge on any atom is -0.462 e. The maximum absolute atomic E-state index is 12.9. The highest BCUT2D eigenvalue weighted by molar-refractivity contribution is 6.14. The quantitative estimate of drug-likeness (QED) is 0.634. The Morgan fingerprint density at radius 1 is 0.957 bits per heavy atom. The molecule has 0 saturated heterocycles. The summed E-state index contributed by atoms with van der Waals surface area (Å²) in [5.41, 5.74) is 3.79. The molecule has 2 aromatic carbocycles. The Labute approximate surface area is 136 Å². The summed E-state index contributed by atoms with van der Waals surface area (Å²) in [5, 5.41) is 0. The van der Waals surface area contributed by atoms with E-state index in [4.69, 9.17) is 4.74 Å². The van der Waals surface area contributed by atoms with Crippen LogP contribution in [0, 0.1) is 0 Å². The highest BCUT2D eigenvalue weighted by Gasteiger charge is 2.23. The predicted octanol–water partition coefficient (Wildman–Crippen LogP) is 3.97. The maximum Gasteiger partial charge on any atom is 0.338 e. The van der Waals surface area contributed by atoms with E-state index in [-0.39, 0.29) is 5.78 Å². The topological polar surface area (TPSA) is 43.4 Å². The lowest BCUT2D eigenvalue weighted by Crippen LogP contribution is -2.16. The van der Waals surface area contributed by atoms with Gasteiger partial charge in [-0.3, -0.25) is 4.79 Å². The molecule has 2 aromatic rings. The van der Waals surface area contributed by atoms with Gasteiger partial charge in [0.15, 0.2) is 5.78 Å². The van der Waals surface area contributed by atoms with Crippen LogP contribution < -0.4 is 0 Å². The second-order valence-electron chi connectivity index (χ2n) is 5.79. The number of carbonyl (C=O) groups is 2. The fourth-order valence-corrected chi connectivity index (χ4v) is 3.10. The van der Waals surface area contributed by atoms with Gasteiger partial charge in [-0.05, 0) is 55.9 Å². The van der Waals surface area contributed by atoms with Gasteiger partial charge in [-0.25, -0.2) is 4.79 Å². The van der Waals surface area contributed by atoms with Gasteiger partial charge in [0.2, 0.25) is 0 Å². The first-order valence-corrected chi connectivity index (χ1v) is 8.13. The zero-order valence-corrected chi connectivity index (χ0v) is 13.3. The maximum atomic E-state index is 12.9. The highest BCUT2D eigenvalue weighted by atomic mass is 16.5. The fourth-order valence-electron chi connectivity index (χ4n) is 3.10. The average Bonchev–Trinajstić information content (AvgIpc) is 2.61. The van der Waals surface area contributed by atoms with E-state index in [0.717, 1.165) is 25.7 Å². The number of hydrogen-bond donors (Lipinski definition) is 0. The Bertz CT molecular complexity index is 732. The van der Waals surface area contributed by atoms with Crippen molar-refractivity contribution in [2.24, 2.45) is 0 Å². The molecule has 0 N–H and O–H groups in total. The summed E-state index contributed by atoms with van der Waals surface area (Å²) in [4.78, 5) is 25.2. The fraction of sp³-hybridized carbons (Fsp3) is 0.300. The molecule has 0 unspecified atom stereocenters. The molecule has 0 bridgehead atoms. The van der Waals surface area contributed by atoms with Crippen molar-refractivity contribution in [2.45, 2.75) is 32.6 Å². The molecule has 3 nitrogen and oxygen atoms in total. The number of esters is 1. The van der Waals surface area contributed by atoms with Crippen molar-refractivity contribution in [1.29, 1.82) is 0 Å². The number of hydrogen-bond acceptors (Lipinski definition) is 3. The van der Waals surface area contributed by atoms with Gasteiger partial charge in [0.05, 0.1) is 12.2 Å². The molecule has 23 heavy (non-hydrogen) atoms. The van der Waals surface area contributed by atoms with Gasteiger partial charge in [0.1, 0.15) is 0 Å². The van der Waals surface area contributed by atoms with E-state index >= 15 is 0 Å². The molecule has 118 valence electrons. The minimum absolute atomic E-state index is 0.123. The van der Waals surface area contributed by atoms with Crippen LogP contribution in [0.2, 0.25) is 0 Å². The van der Waals surface area contributed by atoms with Crippen LogP contribution in [0.5, 0.6) is 0 Å². The summed E-state index contributed by atoms with van der Waals surface area (Å²) in [5.74, 6) is -0.540. The Morgan fingerprint density at radius 3 is 2.17 bits per heavy atom. The van der Waals surface area contributed by atoms with Gasteiger partial charge in [0.25, 0.3) is 0 Å². The standard InChI is InChI=1S/C20H20O3/c1-2-23-20(22)18-13-16-11-7-6-10-15(16)12-17(18)19(21)14-8-4-3-5-9-14/h3-5,8-9,12-13H,2,6-7,10-11H2,1H3. The average molecular weight is 308 g/mol. The van der Waals surface area contributed by atoms with Crippen molar-refractivity contribution in [3.8, 4) is 0 Å². The molecule has 0 amide bonds. The number of fused-ring (bicyclic) bond motifs is 1. The molecular formula is C20H20O3. The van der Waals surface area contributed by atoms with Crippen molar-refractivity contribution in [1.82, 2.24) is 0 Å². The smallest absolute Gasteiger partial charge is 0.338 e. The second kappa shape index (κ2) is 6.78. The first kappa shape index (κ1) is 15.5. The number of rotatable bonds is 4. The second-order valence-corrected chi connectivity index (χ2v) is 5.79. The first-order chi connectivity index (χ1) is 11.2. The van der Waals surface area contributed by atoms with E-state index in [2.05, 4.69) is 0 Å². The minimum atomic E-state index is -0.417. The predicted molar refractivity (Wildman–Crippen MR) is 88.9 cm³/mol. The lowest BCUT2D eigenvalue weighted by Gasteiger charge is -2.19. The molecule has 0 aliphatic heterocycles. The number of carbonyl (C=O) groups excluding carboxylic acids is 2. The summed E-state index contributed by atoms with van der Waals surface area (Å²) in [6, 6.07) is 12.8. The van der Waals surface area contributed by atoms with Crippen molar-refractivity contribution in [3.63, 3.8) is 0 Å². The van der Waals surface area contributed by atoms with Crippen LogP contribution in [0.25, 0.3) is 0 Å². The van der Waals surface area contributed by atoms with Gasteiger partial charge >= 0.3 is 5.97 Å². The van der Waals surface area contributed by atoms with E-state index in [1.165, 1.54) is 11.1 Å². The zero-order valence-electron chi connectivity index (χ0n) is 13.3. The normalized spacial score (nSPS) is 13.3. The van der Waals surface area contributed by atoms with E-state index in [9.17, 15) is 9.59 Å². The number of benzene rings is 2. The van der Waals surface area contributed by atoms with Crippen molar-refractivity contribution in [2.75, 3.05) is 6.61 Å². The largest absolute Gasteiger partial charge is 0.462 e. The van der Waals surface area contributed by atoms with E-state index in [1.807, 2.05) is 30.3 Å². The van der Waals surface area contributed by atoms with Crippen molar-refractivity contribution >= 4 is 11.8 Å². The summed E-state index contributed by atoms with van der Waals surface area (Å²) in [6.45, 7) is 2.07. The summed E-state index contributed by atoms with van der Waals surface area (Å²) in [6.07, 6.45) is 4.18. The van der Waals surface area contributed by atoms with Gasteiger partial charge < -0.3 is 4.74 Å². The third-order valence-corrected chi connectivity index (χ3v) is 4.26. The molecule has 0 radical (unpaired) electrons. The van der Waals surface area contributed by atoms with Crippen LogP contribution in [0.3, 0.4) is 0 Å². The van der Waals surface area contributed by atoms with Crippen LogP contribution in [-0.4, -0.2) is 18.4 Å². The first-order valence-electron chi connectivity index (χ1n) is 8.13. The van der Waals surface area contributed by atoms with Gasteiger partial charge in [-0.1, -0.05) is 30.3 Å². The lowest BCUT2D eigenvalue weighted by molar-refractivity contribution is 0.0523. The summed E-state index contributed by atoms with van der Waals surface area (Å²) < 4.78 is 5.15. The van der Waals surface area contributed by atoms with Crippen molar-refractivity contribution < 1.29 is 14.3 Å². The molecule has 0 aromatic heterocycles. The van der Waals surface area contributed by atoms with Crippen LogP contribution in [0.4, 0.5) is 0 Å². The van der Waals surface area contributed by atoms with E-state index in [1.54, 1.807) is 19.1 Å². The Morgan fingerprint density at radius 2 is 1.57 bits per heavy atom. The Hall–Kier alpha value is -2.42. The van der Waals surface area contributed by atoms with Crippen molar-refractivity contribution in [3.05, 3.63) is 70.3 Å². The van der Waals surface area contributed by atoms with Gasteiger partial charge in [-0.2, -0.15) is 0 Å². The number of ketones is 1. The lowest BCUT2D eigenvalue weighted by atomic mass is 9.86. The zero-order chi connectivity index (χ0) is 16.2. The SMILES string of the molecule is CCOC(=O)c1cc2c(cc1C(=O)c1ccccc1)CCCC2. The summed E-state index contributed by atoms with van der Waals surface area (Å²) in [7, 11) is 0.